The summed E-state index contributed by atoms with van der Waals surface area (Å²) in [7, 11) is 0. The van der Waals surface area contributed by atoms with Gasteiger partial charge in [0.1, 0.15) is 34.5 Å². The Bertz CT molecular complexity index is 4130. The average molecular weight is 1230 g/mol. The van der Waals surface area contributed by atoms with Gasteiger partial charge in [-0.3, -0.25) is 19.2 Å². The third-order valence-corrected chi connectivity index (χ3v) is 15.6. The van der Waals surface area contributed by atoms with Crippen molar-refractivity contribution < 1.29 is 75.2 Å². The third-order valence-electron chi connectivity index (χ3n) is 15.6. The number of alkyl halides is 3. The molecule has 0 radical (unpaired) electrons. The molecule has 3 unspecified atom stereocenters. The molecule has 6 aliphatic rings. The lowest BCUT2D eigenvalue weighted by Crippen LogP contribution is -2.33. The summed E-state index contributed by atoms with van der Waals surface area (Å²) in [5, 5.41) is 8.29. The van der Waals surface area contributed by atoms with Gasteiger partial charge >= 0.3 is 24.1 Å². The number of ether oxygens (including phenoxy) is 6. The number of hydrogen-bond acceptors (Lipinski definition) is 14. The highest BCUT2D eigenvalue weighted by atomic mass is 19.4. The largest absolute Gasteiger partial charge is 0.456 e. The van der Waals surface area contributed by atoms with Crippen molar-refractivity contribution in [1.29, 1.82) is 0 Å². The molecule has 20 heteroatoms. The summed E-state index contributed by atoms with van der Waals surface area (Å²) in [6, 6.07) is 55.3. The first-order chi connectivity index (χ1) is 43.0. The van der Waals surface area contributed by atoms with Gasteiger partial charge in [-0.25, -0.2) is 14.4 Å². The van der Waals surface area contributed by atoms with Crippen LogP contribution in [0.5, 0.6) is 34.5 Å². The smallest absolute Gasteiger partial charge is 0.446 e. The second kappa shape index (κ2) is 23.2. The third kappa shape index (κ3) is 10.7. The van der Waals surface area contributed by atoms with Crippen molar-refractivity contribution in [2.45, 2.75) is 65.0 Å². The van der Waals surface area contributed by atoms with E-state index in [1.54, 1.807) is 66.7 Å². The molecule has 91 heavy (non-hydrogen) atoms. The summed E-state index contributed by atoms with van der Waals surface area (Å²) in [6.07, 6.45) is -5.70. The number of fused-ring (bicyclic) bond motifs is 18. The zero-order chi connectivity index (χ0) is 63.6. The van der Waals surface area contributed by atoms with Crippen LogP contribution in [0, 0.1) is 13.8 Å². The first-order valence-electron chi connectivity index (χ1n) is 28.0. The van der Waals surface area contributed by atoms with Gasteiger partial charge in [-0.15, -0.1) is 0 Å². The molecule has 0 saturated carbocycles. The number of carbonyl (C=O) groups is 7. The minimum atomic E-state index is -4.64. The van der Waals surface area contributed by atoms with E-state index in [1.165, 1.54) is 20.8 Å². The van der Waals surface area contributed by atoms with E-state index in [9.17, 15) is 41.9 Å². The van der Waals surface area contributed by atoms with E-state index in [-0.39, 0.29) is 37.1 Å². The van der Waals surface area contributed by atoms with Crippen LogP contribution in [-0.4, -0.2) is 48.1 Å². The Morgan fingerprint density at radius 1 is 0.407 bits per heavy atom. The molecular weight excluding hydrogens is 1170 g/mol. The highest BCUT2D eigenvalue weighted by molar-refractivity contribution is 6.00. The van der Waals surface area contributed by atoms with Crippen LogP contribution in [0.3, 0.4) is 0 Å². The summed E-state index contributed by atoms with van der Waals surface area (Å²) < 4.78 is 67.9. The predicted molar refractivity (Wildman–Crippen MR) is 330 cm³/mol. The van der Waals surface area contributed by atoms with Gasteiger partial charge in [-0.05, 0) is 104 Å². The van der Waals surface area contributed by atoms with E-state index >= 15 is 0 Å². The van der Waals surface area contributed by atoms with Crippen molar-refractivity contribution in [2.24, 2.45) is 0 Å². The molecule has 0 aliphatic carbocycles. The number of halogens is 3. The Morgan fingerprint density at radius 3 is 0.967 bits per heavy atom. The second-order valence-corrected chi connectivity index (χ2v) is 21.7. The van der Waals surface area contributed by atoms with E-state index in [2.05, 4.69) is 16.0 Å². The van der Waals surface area contributed by atoms with Gasteiger partial charge in [0.25, 0.3) is 0 Å². The normalized spacial score (nSPS) is 17.9. The minimum absolute atomic E-state index is 0. The summed E-state index contributed by atoms with van der Waals surface area (Å²) in [4.78, 5) is 81.2. The monoisotopic (exact) mass is 1230 g/mol. The van der Waals surface area contributed by atoms with Crippen LogP contribution in [0.2, 0.25) is 0 Å². The molecule has 0 saturated heterocycles. The van der Waals surface area contributed by atoms with Gasteiger partial charge in [0.15, 0.2) is 16.8 Å². The Morgan fingerprint density at radius 2 is 0.670 bits per heavy atom. The number of aldehydes is 1. The fourth-order valence-electron chi connectivity index (χ4n) is 12.1. The Hall–Kier alpha value is -11.5. The van der Waals surface area contributed by atoms with Crippen LogP contribution >= 0.6 is 0 Å². The number of nitrogens with one attached hydrogen (secondary N) is 3. The first kappa shape index (κ1) is 61.1. The summed E-state index contributed by atoms with van der Waals surface area (Å²) >= 11 is 0. The van der Waals surface area contributed by atoms with Gasteiger partial charge in [-0.1, -0.05) is 86.3 Å². The number of hydrogen-bond donors (Lipinski definition) is 4. The standard InChI is InChI=1S/2C23H17NO4.C22H16N2O4.C2HF3O.CH4/c2*1-13-7-9-18-20(11-13)27-21-12-15(24-14(2)25)8-10-19(21)23(18)17-6-4-3-5-16(17)22(26)28-23;1-12(25)24-14-7-9-18-20(11-14)27-19-10-13(23)6-8-17(19)22(18)16-5-3-2-4-15(16)21(26)28-22;3-2(4,5)1-6;/h2*3-12H,1-2H3,(H,24,25);2-11H,23H2,1H3,(H,24,25);1H;1H4. The van der Waals surface area contributed by atoms with Gasteiger partial charge in [0.05, 0.1) is 16.7 Å². The van der Waals surface area contributed by atoms with E-state index in [1.807, 2.05) is 129 Å². The van der Waals surface area contributed by atoms with Crippen LogP contribution in [-0.2, 0) is 50.2 Å². The highest BCUT2D eigenvalue weighted by Crippen LogP contribution is 2.60. The molecule has 3 spiro atoms. The zero-order valence-corrected chi connectivity index (χ0v) is 48.4. The summed E-state index contributed by atoms with van der Waals surface area (Å²) in [5.41, 5.74) is 15.5. The zero-order valence-electron chi connectivity index (χ0n) is 48.4. The lowest BCUT2D eigenvalue weighted by molar-refractivity contribution is -0.156. The number of rotatable bonds is 3. The van der Waals surface area contributed by atoms with E-state index in [4.69, 9.17) is 38.9 Å². The number of anilines is 4. The van der Waals surface area contributed by atoms with Gasteiger partial charge < -0.3 is 50.1 Å². The molecule has 0 fully saturated rings. The highest BCUT2D eigenvalue weighted by Gasteiger charge is 2.56. The van der Waals surface area contributed by atoms with Crippen LogP contribution in [0.1, 0.15) is 120 Å². The lowest BCUT2D eigenvalue weighted by Gasteiger charge is -2.36. The number of nitrogens with two attached hydrogens (primary N) is 1. The van der Waals surface area contributed by atoms with Crippen molar-refractivity contribution >= 4 is 64.7 Å². The fourth-order valence-corrected chi connectivity index (χ4v) is 12.1. The molecule has 17 nitrogen and oxygen atoms in total. The van der Waals surface area contributed by atoms with E-state index in [0.29, 0.717) is 85.1 Å². The van der Waals surface area contributed by atoms with Crippen molar-refractivity contribution in [2.75, 3.05) is 21.7 Å². The molecule has 9 aromatic rings. The quantitative estimate of drug-likeness (QED) is 0.0557. The van der Waals surface area contributed by atoms with Crippen LogP contribution in [0.4, 0.5) is 35.9 Å². The summed E-state index contributed by atoms with van der Waals surface area (Å²) in [5.74, 6) is 1.74. The van der Waals surface area contributed by atoms with Crippen molar-refractivity contribution in [3.8, 4) is 34.5 Å². The second-order valence-electron chi connectivity index (χ2n) is 21.7. The number of benzene rings is 9. The topological polar surface area (TPSA) is 237 Å². The van der Waals surface area contributed by atoms with Crippen molar-refractivity contribution in [3.05, 3.63) is 260 Å². The number of nitrogen functional groups attached to an aromatic ring is 1. The number of aryl methyl sites for hydroxylation is 2. The Balaban J connectivity index is 0.000000133. The van der Waals surface area contributed by atoms with Crippen LogP contribution < -0.4 is 35.9 Å². The number of amides is 3. The molecule has 0 bridgehead atoms. The maximum Gasteiger partial charge on any atom is 0.446 e. The minimum Gasteiger partial charge on any atom is -0.456 e. The molecular formula is C71H55F3N4O13. The van der Waals surface area contributed by atoms with E-state index < -0.39 is 35.2 Å². The SMILES string of the molecule is C.CC(=O)Nc1ccc2c(c1)Oc1cc(C)ccc1C21OC(=O)c2ccccc21.CC(=O)Nc1ccc2c(c1)Oc1cc(C)ccc1C21OC(=O)c2ccccc21.CC(=O)Nc1ccc2c(c1)Oc1cc(N)ccc1C21OC(=O)c2ccccc21.O=CC(F)(F)F. The van der Waals surface area contributed by atoms with Gasteiger partial charge in [-0.2, -0.15) is 13.2 Å². The van der Waals surface area contributed by atoms with Gasteiger partial charge in [0, 0.05) is 118 Å². The lowest BCUT2D eigenvalue weighted by atomic mass is 9.77. The maximum atomic E-state index is 12.7. The molecule has 9 aromatic carbocycles. The molecule has 15 rings (SSSR count). The predicted octanol–water partition coefficient (Wildman–Crippen LogP) is 14.2. The average Bonchev–Trinajstić information content (AvgIpc) is 1.66. The van der Waals surface area contributed by atoms with E-state index in [0.717, 1.165) is 50.1 Å². The molecule has 0 aromatic heterocycles. The van der Waals surface area contributed by atoms with Crippen LogP contribution in [0.15, 0.2) is 182 Å². The Labute approximate surface area is 518 Å². The molecule has 3 amide bonds. The van der Waals surface area contributed by atoms with Gasteiger partial charge in [0.2, 0.25) is 24.0 Å². The Kier molecular flexibility index (Phi) is 15.6. The molecule has 3 atom stereocenters. The van der Waals surface area contributed by atoms with Crippen molar-refractivity contribution in [1.82, 2.24) is 0 Å². The molecule has 458 valence electrons. The summed E-state index contributed by atoms with van der Waals surface area (Å²) in [6.45, 7) is 8.31. The fraction of sp³-hybridized carbons (Fsp3) is 0.141. The first-order valence-corrected chi connectivity index (χ1v) is 28.0. The molecule has 5 N–H and O–H groups in total. The number of esters is 3. The van der Waals surface area contributed by atoms with Crippen molar-refractivity contribution in [3.63, 3.8) is 0 Å². The van der Waals surface area contributed by atoms with Crippen LogP contribution in [0.25, 0.3) is 0 Å². The molecule has 6 heterocycles. The number of carbonyl (C=O) groups excluding carboxylic acids is 7. The molecule has 6 aliphatic heterocycles. The maximum absolute atomic E-state index is 12.7.